The number of hydrogen-bond acceptors (Lipinski definition) is 4. The van der Waals surface area contributed by atoms with Gasteiger partial charge in [0.1, 0.15) is 0 Å². The van der Waals surface area contributed by atoms with E-state index in [1.54, 1.807) is 13.2 Å². The molecule has 0 aliphatic carbocycles. The molecule has 1 N–H and O–H groups in total. The molecule has 2 aliphatic rings. The average molecular weight is 301 g/mol. The zero-order chi connectivity index (χ0) is 14.6. The van der Waals surface area contributed by atoms with Crippen LogP contribution in [0.5, 0.6) is 11.5 Å². The minimum absolute atomic E-state index is 0.249. The van der Waals surface area contributed by atoms with Crippen molar-refractivity contribution in [2.45, 2.75) is 32.4 Å². The van der Waals surface area contributed by atoms with Gasteiger partial charge in [-0.3, -0.25) is 4.90 Å². The van der Waals surface area contributed by atoms with Gasteiger partial charge in [0.2, 0.25) is 0 Å². The lowest BCUT2D eigenvalue weighted by Crippen LogP contribution is -2.38. The normalized spacial score (nSPS) is 20.6. The fraction of sp³-hybridized carbons (Fsp3) is 0.412. The molecule has 2 aromatic rings. The second-order valence-corrected chi connectivity index (χ2v) is 7.23. The van der Waals surface area contributed by atoms with Crippen LogP contribution in [0.15, 0.2) is 18.2 Å². The largest absolute Gasteiger partial charge is 0.504 e. The summed E-state index contributed by atoms with van der Waals surface area (Å²) in [6.07, 6.45) is 2.14. The van der Waals surface area contributed by atoms with Gasteiger partial charge in [0.05, 0.1) is 7.11 Å². The van der Waals surface area contributed by atoms with Crippen LogP contribution in [0.3, 0.4) is 0 Å². The molecule has 0 saturated heterocycles. The maximum Gasteiger partial charge on any atom is 0.165 e. The van der Waals surface area contributed by atoms with E-state index in [2.05, 4.69) is 24.0 Å². The van der Waals surface area contributed by atoms with Crippen molar-refractivity contribution in [3.8, 4) is 11.5 Å². The number of aromatic hydroxyl groups is 1. The first-order chi connectivity index (χ1) is 10.2. The molecule has 110 valence electrons. The summed E-state index contributed by atoms with van der Waals surface area (Å²) in [5, 5.41) is 9.98. The topological polar surface area (TPSA) is 32.7 Å². The Labute approximate surface area is 128 Å². The number of nitrogens with zero attached hydrogens (tertiary/aromatic N) is 1. The highest BCUT2D eigenvalue weighted by molar-refractivity contribution is 7.12. The highest BCUT2D eigenvalue weighted by Crippen LogP contribution is 2.45. The summed E-state index contributed by atoms with van der Waals surface area (Å²) < 4.78 is 5.42. The van der Waals surface area contributed by atoms with E-state index in [1.807, 2.05) is 11.3 Å². The molecule has 1 unspecified atom stereocenters. The van der Waals surface area contributed by atoms with Crippen LogP contribution in [-0.2, 0) is 19.4 Å². The van der Waals surface area contributed by atoms with Crippen molar-refractivity contribution < 1.29 is 9.84 Å². The van der Waals surface area contributed by atoms with Crippen LogP contribution in [0.25, 0.3) is 0 Å². The molecule has 0 saturated carbocycles. The van der Waals surface area contributed by atoms with Gasteiger partial charge in [-0.15, -0.1) is 11.3 Å². The van der Waals surface area contributed by atoms with E-state index >= 15 is 0 Å². The molecular weight excluding hydrogens is 282 g/mol. The highest BCUT2D eigenvalue weighted by Gasteiger charge is 2.34. The second kappa shape index (κ2) is 4.75. The first kappa shape index (κ1) is 13.2. The molecule has 21 heavy (non-hydrogen) atoms. The SMILES string of the molecule is COc1c(O)ccc2c1CN1CCc3cc(C)sc3C1C2. The van der Waals surface area contributed by atoms with Crippen molar-refractivity contribution in [2.24, 2.45) is 0 Å². The zero-order valence-electron chi connectivity index (χ0n) is 12.3. The molecule has 3 heterocycles. The lowest BCUT2D eigenvalue weighted by atomic mass is 9.88. The lowest BCUT2D eigenvalue weighted by Gasteiger charge is -2.40. The number of benzene rings is 1. The molecular formula is C17H19NO2S. The molecule has 1 atom stereocenters. The second-order valence-electron chi connectivity index (χ2n) is 5.94. The molecule has 0 radical (unpaired) electrons. The number of ether oxygens (including phenoxy) is 1. The van der Waals surface area contributed by atoms with E-state index in [4.69, 9.17) is 4.74 Å². The Balaban J connectivity index is 1.78. The Bertz CT molecular complexity index is 707. The summed E-state index contributed by atoms with van der Waals surface area (Å²) in [4.78, 5) is 5.48. The first-order valence-corrected chi connectivity index (χ1v) is 8.20. The number of rotatable bonds is 1. The summed E-state index contributed by atoms with van der Waals surface area (Å²) in [5.74, 6) is 0.901. The van der Waals surface area contributed by atoms with Crippen LogP contribution in [0.1, 0.15) is 32.5 Å². The van der Waals surface area contributed by atoms with Gasteiger partial charge in [-0.25, -0.2) is 0 Å². The highest BCUT2D eigenvalue weighted by atomic mass is 32.1. The summed E-state index contributed by atoms with van der Waals surface area (Å²) in [6, 6.07) is 6.66. The Morgan fingerprint density at radius 1 is 1.33 bits per heavy atom. The van der Waals surface area contributed by atoms with Crippen molar-refractivity contribution in [1.29, 1.82) is 0 Å². The van der Waals surface area contributed by atoms with Gasteiger partial charge in [-0.05, 0) is 43.0 Å². The summed E-state index contributed by atoms with van der Waals surface area (Å²) in [6.45, 7) is 4.16. The molecule has 0 spiro atoms. The molecule has 1 aromatic carbocycles. The third-order valence-electron chi connectivity index (χ3n) is 4.69. The summed E-state index contributed by atoms with van der Waals surface area (Å²) in [5.41, 5.74) is 4.00. The maximum atomic E-state index is 9.98. The van der Waals surface area contributed by atoms with Gasteiger partial charge < -0.3 is 9.84 Å². The van der Waals surface area contributed by atoms with Crippen molar-refractivity contribution >= 4 is 11.3 Å². The third-order valence-corrected chi connectivity index (χ3v) is 5.89. The van der Waals surface area contributed by atoms with Gasteiger partial charge in [0.15, 0.2) is 11.5 Å². The monoisotopic (exact) mass is 301 g/mol. The van der Waals surface area contributed by atoms with Crippen LogP contribution in [0.4, 0.5) is 0 Å². The minimum atomic E-state index is 0.249. The Morgan fingerprint density at radius 3 is 3.00 bits per heavy atom. The minimum Gasteiger partial charge on any atom is -0.504 e. The number of hydrogen-bond donors (Lipinski definition) is 1. The van der Waals surface area contributed by atoms with Crippen molar-refractivity contribution in [3.05, 3.63) is 44.6 Å². The molecule has 3 nitrogen and oxygen atoms in total. The van der Waals surface area contributed by atoms with Gasteiger partial charge >= 0.3 is 0 Å². The van der Waals surface area contributed by atoms with E-state index in [9.17, 15) is 5.11 Å². The molecule has 0 fully saturated rings. The number of fused-ring (bicyclic) bond motifs is 4. The number of thiophene rings is 1. The first-order valence-electron chi connectivity index (χ1n) is 7.38. The maximum absolute atomic E-state index is 9.98. The smallest absolute Gasteiger partial charge is 0.165 e. The van der Waals surface area contributed by atoms with Crippen LogP contribution in [0, 0.1) is 6.92 Å². The predicted molar refractivity (Wildman–Crippen MR) is 84.3 cm³/mol. The number of aryl methyl sites for hydroxylation is 1. The predicted octanol–water partition coefficient (Wildman–Crippen LogP) is 3.43. The Hall–Kier alpha value is -1.52. The Morgan fingerprint density at radius 2 is 2.19 bits per heavy atom. The van der Waals surface area contributed by atoms with E-state index < -0.39 is 0 Å². The number of phenolic OH excluding ortho intramolecular Hbond substituents is 1. The van der Waals surface area contributed by atoms with Crippen LogP contribution in [0.2, 0.25) is 0 Å². The third kappa shape index (κ3) is 1.97. The summed E-state index contributed by atoms with van der Waals surface area (Å²) in [7, 11) is 1.64. The molecule has 2 aliphatic heterocycles. The summed E-state index contributed by atoms with van der Waals surface area (Å²) >= 11 is 1.94. The van der Waals surface area contributed by atoms with E-state index in [-0.39, 0.29) is 5.75 Å². The van der Waals surface area contributed by atoms with Gasteiger partial charge in [-0.1, -0.05) is 6.07 Å². The molecule has 1 aromatic heterocycles. The standard InChI is InChI=1S/C17H19NO2S/c1-10-7-12-5-6-18-9-13-11(8-14(18)17(12)21-10)3-4-15(19)16(13)20-2/h3-4,7,14,19H,5-6,8-9H2,1-2H3. The van der Waals surface area contributed by atoms with E-state index in [1.165, 1.54) is 20.9 Å². The van der Waals surface area contributed by atoms with Crippen LogP contribution >= 0.6 is 11.3 Å². The molecule has 4 rings (SSSR count). The van der Waals surface area contributed by atoms with Crippen molar-refractivity contribution in [3.63, 3.8) is 0 Å². The number of methoxy groups -OCH3 is 1. The molecule has 4 heteroatoms. The fourth-order valence-electron chi connectivity index (χ4n) is 3.72. The molecule has 0 bridgehead atoms. The van der Waals surface area contributed by atoms with Gasteiger partial charge in [0, 0.05) is 34.4 Å². The quantitative estimate of drug-likeness (QED) is 0.876. The van der Waals surface area contributed by atoms with Crippen LogP contribution in [-0.4, -0.2) is 23.7 Å². The van der Waals surface area contributed by atoms with E-state index in [0.717, 1.165) is 31.5 Å². The average Bonchev–Trinajstić information content (AvgIpc) is 2.86. The molecule has 0 amide bonds. The van der Waals surface area contributed by atoms with Crippen molar-refractivity contribution in [2.75, 3.05) is 13.7 Å². The fourth-order valence-corrected chi connectivity index (χ4v) is 4.93. The lowest BCUT2D eigenvalue weighted by molar-refractivity contribution is 0.161. The Kier molecular flexibility index (Phi) is 2.98. The van der Waals surface area contributed by atoms with E-state index in [0.29, 0.717) is 11.8 Å². The number of phenols is 1. The zero-order valence-corrected chi connectivity index (χ0v) is 13.2. The van der Waals surface area contributed by atoms with Crippen molar-refractivity contribution in [1.82, 2.24) is 4.90 Å². The van der Waals surface area contributed by atoms with Gasteiger partial charge in [-0.2, -0.15) is 0 Å². The van der Waals surface area contributed by atoms with Crippen LogP contribution < -0.4 is 4.74 Å². The van der Waals surface area contributed by atoms with Gasteiger partial charge in [0.25, 0.3) is 0 Å².